The van der Waals surface area contributed by atoms with Crippen molar-refractivity contribution in [1.82, 2.24) is 5.32 Å². The molecular weight excluding hydrogens is 318 g/mol. The van der Waals surface area contributed by atoms with E-state index >= 15 is 0 Å². The number of nitrogens with one attached hydrogen (secondary N) is 1. The Kier molecular flexibility index (Phi) is 4.79. The maximum Gasteiger partial charge on any atom is 0.251 e. The largest absolute Gasteiger partial charge is 0.496 e. The van der Waals surface area contributed by atoms with E-state index in [0.717, 1.165) is 15.8 Å². The lowest BCUT2D eigenvalue weighted by Gasteiger charge is -2.15. The van der Waals surface area contributed by atoms with Crippen LogP contribution in [0.15, 0.2) is 53.0 Å². The van der Waals surface area contributed by atoms with Crippen LogP contribution in [0.3, 0.4) is 0 Å². The molecule has 4 heteroatoms. The van der Waals surface area contributed by atoms with Crippen molar-refractivity contribution < 1.29 is 9.53 Å². The second-order valence-corrected chi connectivity index (χ2v) is 5.31. The van der Waals surface area contributed by atoms with Crippen molar-refractivity contribution in [2.75, 3.05) is 7.11 Å². The fourth-order valence-corrected chi connectivity index (χ4v) is 2.46. The van der Waals surface area contributed by atoms with E-state index in [1.54, 1.807) is 19.2 Å². The van der Waals surface area contributed by atoms with Crippen LogP contribution in [0.4, 0.5) is 0 Å². The van der Waals surface area contributed by atoms with Gasteiger partial charge in [0.15, 0.2) is 0 Å². The Labute approximate surface area is 127 Å². The minimum Gasteiger partial charge on any atom is -0.496 e. The molecule has 0 aliphatic rings. The van der Waals surface area contributed by atoms with Gasteiger partial charge < -0.3 is 10.1 Å². The molecule has 3 nitrogen and oxygen atoms in total. The molecular formula is C16H16BrNO2. The van der Waals surface area contributed by atoms with E-state index in [0.29, 0.717) is 5.56 Å². The van der Waals surface area contributed by atoms with Crippen LogP contribution >= 0.6 is 15.9 Å². The zero-order valence-corrected chi connectivity index (χ0v) is 13.0. The van der Waals surface area contributed by atoms with Crippen LogP contribution < -0.4 is 10.1 Å². The summed E-state index contributed by atoms with van der Waals surface area (Å²) in [6.45, 7) is 1.95. The van der Waals surface area contributed by atoms with Crippen molar-refractivity contribution in [3.05, 3.63) is 64.1 Å². The SMILES string of the molecule is COc1ccc(C(C)NC(=O)c2ccccc2)cc1Br. The van der Waals surface area contributed by atoms with Crippen molar-refractivity contribution in [3.63, 3.8) is 0 Å². The second-order valence-electron chi connectivity index (χ2n) is 4.46. The monoisotopic (exact) mass is 333 g/mol. The van der Waals surface area contributed by atoms with Gasteiger partial charge in [0.1, 0.15) is 5.75 Å². The summed E-state index contributed by atoms with van der Waals surface area (Å²) in [5.74, 6) is 0.695. The Balaban J connectivity index is 2.10. The average molecular weight is 334 g/mol. The Morgan fingerprint density at radius 1 is 1.20 bits per heavy atom. The highest BCUT2D eigenvalue weighted by Gasteiger charge is 2.12. The van der Waals surface area contributed by atoms with Crippen LogP contribution in [-0.2, 0) is 0 Å². The summed E-state index contributed by atoms with van der Waals surface area (Å²) in [5, 5.41) is 2.98. The topological polar surface area (TPSA) is 38.3 Å². The van der Waals surface area contributed by atoms with E-state index < -0.39 is 0 Å². The molecule has 2 aromatic rings. The fraction of sp³-hybridized carbons (Fsp3) is 0.188. The standard InChI is InChI=1S/C16H16BrNO2/c1-11(13-8-9-15(20-2)14(17)10-13)18-16(19)12-6-4-3-5-7-12/h3-11H,1-2H3,(H,18,19). The Morgan fingerprint density at radius 2 is 1.90 bits per heavy atom. The Hall–Kier alpha value is -1.81. The first-order valence-corrected chi connectivity index (χ1v) is 7.10. The van der Waals surface area contributed by atoms with Crippen LogP contribution in [0, 0.1) is 0 Å². The maximum atomic E-state index is 12.1. The molecule has 0 bridgehead atoms. The van der Waals surface area contributed by atoms with Gasteiger partial charge in [-0.25, -0.2) is 0 Å². The number of hydrogen-bond acceptors (Lipinski definition) is 2. The second kappa shape index (κ2) is 6.57. The van der Waals surface area contributed by atoms with E-state index in [1.807, 2.05) is 43.3 Å². The molecule has 0 aromatic heterocycles. The summed E-state index contributed by atoms with van der Waals surface area (Å²) in [5.41, 5.74) is 1.67. The summed E-state index contributed by atoms with van der Waals surface area (Å²) in [4.78, 5) is 12.1. The molecule has 0 fully saturated rings. The van der Waals surface area contributed by atoms with Gasteiger partial charge in [0.05, 0.1) is 17.6 Å². The lowest BCUT2D eigenvalue weighted by molar-refractivity contribution is 0.0940. The molecule has 104 valence electrons. The number of ether oxygens (including phenoxy) is 1. The number of halogens is 1. The Bertz CT molecular complexity index is 599. The lowest BCUT2D eigenvalue weighted by atomic mass is 10.1. The van der Waals surface area contributed by atoms with E-state index in [4.69, 9.17) is 4.74 Å². The molecule has 20 heavy (non-hydrogen) atoms. The smallest absolute Gasteiger partial charge is 0.251 e. The van der Waals surface area contributed by atoms with Crippen molar-refractivity contribution >= 4 is 21.8 Å². The number of rotatable bonds is 4. The summed E-state index contributed by atoms with van der Waals surface area (Å²) in [6, 6.07) is 14.9. The molecule has 2 rings (SSSR count). The van der Waals surface area contributed by atoms with Crippen LogP contribution in [0.25, 0.3) is 0 Å². The van der Waals surface area contributed by atoms with Gasteiger partial charge in [-0.2, -0.15) is 0 Å². The van der Waals surface area contributed by atoms with Gasteiger partial charge in [0, 0.05) is 5.56 Å². The molecule has 2 aromatic carbocycles. The zero-order chi connectivity index (χ0) is 14.5. The van der Waals surface area contributed by atoms with Gasteiger partial charge in [0.25, 0.3) is 5.91 Å². The molecule has 0 heterocycles. The molecule has 0 spiro atoms. The van der Waals surface area contributed by atoms with Gasteiger partial charge in [-0.15, -0.1) is 0 Å². The van der Waals surface area contributed by atoms with E-state index in [9.17, 15) is 4.79 Å². The number of hydrogen-bond donors (Lipinski definition) is 1. The third-order valence-electron chi connectivity index (χ3n) is 3.06. The molecule has 1 amide bonds. The average Bonchev–Trinajstić information content (AvgIpc) is 2.48. The summed E-state index contributed by atoms with van der Waals surface area (Å²) < 4.78 is 6.07. The van der Waals surface area contributed by atoms with Crippen LogP contribution in [0.5, 0.6) is 5.75 Å². The third kappa shape index (κ3) is 3.39. The third-order valence-corrected chi connectivity index (χ3v) is 3.68. The highest BCUT2D eigenvalue weighted by atomic mass is 79.9. The normalized spacial score (nSPS) is 11.8. The summed E-state index contributed by atoms with van der Waals surface area (Å²) in [6.07, 6.45) is 0. The summed E-state index contributed by atoms with van der Waals surface area (Å²) >= 11 is 3.45. The van der Waals surface area contributed by atoms with Crippen molar-refractivity contribution in [1.29, 1.82) is 0 Å². The van der Waals surface area contributed by atoms with E-state index in [-0.39, 0.29) is 11.9 Å². The van der Waals surface area contributed by atoms with Crippen molar-refractivity contribution in [3.8, 4) is 5.75 Å². The number of benzene rings is 2. The molecule has 1 unspecified atom stereocenters. The van der Waals surface area contributed by atoms with E-state index in [2.05, 4.69) is 21.2 Å². The fourth-order valence-electron chi connectivity index (χ4n) is 1.90. The van der Waals surface area contributed by atoms with Gasteiger partial charge in [-0.05, 0) is 52.7 Å². The molecule has 1 N–H and O–H groups in total. The van der Waals surface area contributed by atoms with Crippen molar-refractivity contribution in [2.45, 2.75) is 13.0 Å². The number of amides is 1. The lowest BCUT2D eigenvalue weighted by Crippen LogP contribution is -2.26. The van der Waals surface area contributed by atoms with Gasteiger partial charge >= 0.3 is 0 Å². The number of carbonyl (C=O) groups is 1. The summed E-state index contributed by atoms with van der Waals surface area (Å²) in [7, 11) is 1.63. The molecule has 0 aliphatic carbocycles. The highest BCUT2D eigenvalue weighted by Crippen LogP contribution is 2.28. The highest BCUT2D eigenvalue weighted by molar-refractivity contribution is 9.10. The predicted molar refractivity (Wildman–Crippen MR) is 83.0 cm³/mol. The maximum absolute atomic E-state index is 12.1. The van der Waals surface area contributed by atoms with Crippen molar-refractivity contribution in [2.24, 2.45) is 0 Å². The molecule has 0 saturated carbocycles. The molecule has 0 saturated heterocycles. The van der Waals surface area contributed by atoms with E-state index in [1.165, 1.54) is 0 Å². The Morgan fingerprint density at radius 3 is 2.50 bits per heavy atom. The first-order valence-electron chi connectivity index (χ1n) is 6.31. The van der Waals surface area contributed by atoms with Gasteiger partial charge in [-0.1, -0.05) is 24.3 Å². The minimum atomic E-state index is -0.0788. The molecule has 0 aliphatic heterocycles. The number of carbonyl (C=O) groups excluding carboxylic acids is 1. The zero-order valence-electron chi connectivity index (χ0n) is 11.4. The number of methoxy groups -OCH3 is 1. The first kappa shape index (κ1) is 14.6. The van der Waals surface area contributed by atoms with Gasteiger partial charge in [0.2, 0.25) is 0 Å². The molecule has 1 atom stereocenters. The van der Waals surface area contributed by atoms with Gasteiger partial charge in [-0.3, -0.25) is 4.79 Å². The predicted octanol–water partition coefficient (Wildman–Crippen LogP) is 3.95. The minimum absolute atomic E-state index is 0.0787. The quantitative estimate of drug-likeness (QED) is 0.919. The van der Waals surface area contributed by atoms with Crippen LogP contribution in [0.1, 0.15) is 28.9 Å². The van der Waals surface area contributed by atoms with Crippen LogP contribution in [0.2, 0.25) is 0 Å². The molecule has 0 radical (unpaired) electrons. The first-order chi connectivity index (χ1) is 9.61. The van der Waals surface area contributed by atoms with Crippen LogP contribution in [-0.4, -0.2) is 13.0 Å².